The molecule has 0 saturated heterocycles. The molecular weight excluding hydrogens is 583 g/mol. The zero-order valence-electron chi connectivity index (χ0n) is 26.5. The zero-order chi connectivity index (χ0) is 32.3. The van der Waals surface area contributed by atoms with Crippen molar-refractivity contribution < 1.29 is 0 Å². The van der Waals surface area contributed by atoms with Crippen LogP contribution >= 0.6 is 0 Å². The summed E-state index contributed by atoms with van der Waals surface area (Å²) in [5.74, 6) is 0. The van der Waals surface area contributed by atoms with E-state index in [2.05, 4.69) is 157 Å². The van der Waals surface area contributed by atoms with Crippen molar-refractivity contribution in [1.82, 2.24) is 0 Å². The fourth-order valence-corrected chi connectivity index (χ4v) is 7.27. The Labute approximate surface area is 282 Å². The maximum absolute atomic E-state index is 6.50. The summed E-state index contributed by atoms with van der Waals surface area (Å²) in [4.78, 5) is 4.72. The van der Waals surface area contributed by atoms with Crippen molar-refractivity contribution in [1.29, 1.82) is 0 Å². The summed E-state index contributed by atoms with van der Waals surface area (Å²) >= 11 is 0. The molecule has 1 aliphatic rings. The van der Waals surface area contributed by atoms with Crippen LogP contribution in [0.5, 0.6) is 0 Å². The van der Waals surface area contributed by atoms with Crippen molar-refractivity contribution in [3.05, 3.63) is 210 Å². The zero-order valence-corrected chi connectivity index (χ0v) is 26.5. The molecule has 1 unspecified atom stereocenters. The van der Waals surface area contributed by atoms with E-state index in [-0.39, 0.29) is 0 Å². The molecule has 0 bridgehead atoms. The van der Waals surface area contributed by atoms with Gasteiger partial charge >= 0.3 is 0 Å². The number of nitrogens with one attached hydrogen (secondary N) is 1. The standard InChI is InChI=1S/C45H35N3/c46-44(33-18-7-2-8-19-33)48-31-47-43-30-42-40(29-39(43)35-21-15-20-34(28-35)32-16-5-1-6-17-32)38-26-13-14-27-41(38)45(42,36-22-9-3-10-23-36)37-24-11-4-12-25-37/h1-31,44H,46H2,(H,47,48). The lowest BCUT2D eigenvalue weighted by molar-refractivity contribution is 0.769. The predicted octanol–water partition coefficient (Wildman–Crippen LogP) is 10.5. The van der Waals surface area contributed by atoms with Gasteiger partial charge in [-0.05, 0) is 73.8 Å². The van der Waals surface area contributed by atoms with Crippen LogP contribution in [0.4, 0.5) is 5.69 Å². The highest BCUT2D eigenvalue weighted by Crippen LogP contribution is 2.57. The van der Waals surface area contributed by atoms with Crippen molar-refractivity contribution in [2.24, 2.45) is 10.7 Å². The van der Waals surface area contributed by atoms with Gasteiger partial charge in [-0.25, -0.2) is 0 Å². The average Bonchev–Trinajstić information content (AvgIpc) is 3.46. The van der Waals surface area contributed by atoms with Gasteiger partial charge < -0.3 is 11.1 Å². The van der Waals surface area contributed by atoms with Crippen LogP contribution in [0.1, 0.15) is 34.0 Å². The summed E-state index contributed by atoms with van der Waals surface area (Å²) in [5.41, 5.74) is 19.9. The molecular formula is C45H35N3. The van der Waals surface area contributed by atoms with Gasteiger partial charge in [-0.2, -0.15) is 0 Å². The number of nitrogens with two attached hydrogens (primary N) is 1. The third-order valence-corrected chi connectivity index (χ3v) is 9.47. The minimum absolute atomic E-state index is 0.477. The van der Waals surface area contributed by atoms with E-state index in [0.29, 0.717) is 0 Å². The SMILES string of the molecule is NC(/N=C/Nc1cc2c(cc1-c1cccc(-c3ccccc3)c1)-c1ccccc1C2(c1ccccc1)c1ccccc1)c1ccccc1. The van der Waals surface area contributed by atoms with Crippen LogP contribution < -0.4 is 11.1 Å². The van der Waals surface area contributed by atoms with Crippen LogP contribution in [-0.4, -0.2) is 6.34 Å². The van der Waals surface area contributed by atoms with E-state index < -0.39 is 11.6 Å². The molecule has 7 aromatic carbocycles. The van der Waals surface area contributed by atoms with Gasteiger partial charge in [0.25, 0.3) is 0 Å². The fraction of sp³-hybridized carbons (Fsp3) is 0.0444. The van der Waals surface area contributed by atoms with Crippen molar-refractivity contribution in [3.63, 3.8) is 0 Å². The average molecular weight is 618 g/mol. The van der Waals surface area contributed by atoms with E-state index in [9.17, 15) is 0 Å². The fourth-order valence-electron chi connectivity index (χ4n) is 7.27. The summed E-state index contributed by atoms with van der Waals surface area (Å²) < 4.78 is 0. The van der Waals surface area contributed by atoms with Crippen LogP contribution in [0.2, 0.25) is 0 Å². The number of nitrogens with zero attached hydrogens (tertiary/aromatic N) is 1. The lowest BCUT2D eigenvalue weighted by atomic mass is 9.67. The first-order chi connectivity index (χ1) is 23.7. The van der Waals surface area contributed by atoms with Crippen LogP contribution in [0.3, 0.4) is 0 Å². The van der Waals surface area contributed by atoms with E-state index in [4.69, 9.17) is 10.7 Å². The van der Waals surface area contributed by atoms with E-state index in [1.807, 2.05) is 30.3 Å². The van der Waals surface area contributed by atoms with Crippen LogP contribution in [-0.2, 0) is 5.41 Å². The van der Waals surface area contributed by atoms with E-state index in [0.717, 1.165) is 22.4 Å². The maximum atomic E-state index is 6.50. The van der Waals surface area contributed by atoms with Crippen LogP contribution in [0.15, 0.2) is 187 Å². The molecule has 0 saturated carbocycles. The Hall–Kier alpha value is -6.03. The smallest absolute Gasteiger partial charge is 0.124 e. The molecule has 48 heavy (non-hydrogen) atoms. The first-order valence-corrected chi connectivity index (χ1v) is 16.4. The molecule has 3 heteroatoms. The number of hydrogen-bond acceptors (Lipinski definition) is 2. The number of hydrogen-bond donors (Lipinski definition) is 2. The van der Waals surface area contributed by atoms with Crippen molar-refractivity contribution in [3.8, 4) is 33.4 Å². The lowest BCUT2D eigenvalue weighted by Gasteiger charge is -2.34. The molecule has 0 aliphatic heterocycles. The van der Waals surface area contributed by atoms with Gasteiger partial charge in [0.05, 0.1) is 11.8 Å². The molecule has 0 fully saturated rings. The van der Waals surface area contributed by atoms with Gasteiger partial charge in [0.2, 0.25) is 0 Å². The van der Waals surface area contributed by atoms with Gasteiger partial charge in [0, 0.05) is 11.3 Å². The third-order valence-electron chi connectivity index (χ3n) is 9.47. The van der Waals surface area contributed by atoms with E-state index in [1.165, 1.54) is 44.5 Å². The first kappa shape index (κ1) is 29.4. The predicted molar refractivity (Wildman–Crippen MR) is 200 cm³/mol. The van der Waals surface area contributed by atoms with Gasteiger partial charge in [0.1, 0.15) is 6.17 Å². The molecule has 0 amide bonds. The quantitative estimate of drug-likeness (QED) is 0.132. The normalized spacial score (nSPS) is 13.5. The maximum Gasteiger partial charge on any atom is 0.124 e. The summed E-state index contributed by atoms with van der Waals surface area (Å²) in [6.45, 7) is 0. The minimum Gasteiger partial charge on any atom is -0.346 e. The second kappa shape index (κ2) is 12.6. The van der Waals surface area contributed by atoms with Crippen molar-refractivity contribution in [2.45, 2.75) is 11.6 Å². The highest BCUT2D eigenvalue weighted by molar-refractivity contribution is 5.96. The second-order valence-corrected chi connectivity index (χ2v) is 12.2. The molecule has 7 aromatic rings. The molecule has 8 rings (SSSR count). The number of fused-ring (bicyclic) bond motifs is 3. The summed E-state index contributed by atoms with van der Waals surface area (Å²) in [6.07, 6.45) is 1.27. The van der Waals surface area contributed by atoms with Crippen molar-refractivity contribution in [2.75, 3.05) is 5.32 Å². The minimum atomic E-state index is -0.507. The van der Waals surface area contributed by atoms with Crippen molar-refractivity contribution >= 4 is 12.0 Å². The Bertz CT molecular complexity index is 2170. The monoisotopic (exact) mass is 617 g/mol. The molecule has 1 atom stereocenters. The topological polar surface area (TPSA) is 50.4 Å². The van der Waals surface area contributed by atoms with E-state index in [1.54, 1.807) is 6.34 Å². The summed E-state index contributed by atoms with van der Waals surface area (Å²) in [7, 11) is 0. The first-order valence-electron chi connectivity index (χ1n) is 16.4. The molecule has 0 heterocycles. The highest BCUT2D eigenvalue weighted by Gasteiger charge is 2.46. The highest BCUT2D eigenvalue weighted by atomic mass is 15.0. The number of aliphatic imine (C=N–C) groups is 1. The van der Waals surface area contributed by atoms with Gasteiger partial charge in [-0.3, -0.25) is 4.99 Å². The van der Waals surface area contributed by atoms with Gasteiger partial charge in [-0.15, -0.1) is 0 Å². The lowest BCUT2D eigenvalue weighted by Crippen LogP contribution is -2.28. The van der Waals surface area contributed by atoms with Crippen LogP contribution in [0, 0.1) is 0 Å². The molecule has 0 radical (unpaired) electrons. The molecule has 1 aliphatic carbocycles. The number of anilines is 1. The molecule has 0 aromatic heterocycles. The Kier molecular flexibility index (Phi) is 7.73. The number of rotatable bonds is 8. The Morgan fingerprint density at radius 1 is 0.479 bits per heavy atom. The molecule has 0 spiro atoms. The largest absolute Gasteiger partial charge is 0.346 e. The summed E-state index contributed by atoms with van der Waals surface area (Å²) in [5, 5.41) is 3.60. The summed E-state index contributed by atoms with van der Waals surface area (Å²) in [6, 6.07) is 64.6. The second-order valence-electron chi connectivity index (χ2n) is 12.2. The Morgan fingerprint density at radius 2 is 1.04 bits per heavy atom. The Morgan fingerprint density at radius 3 is 1.73 bits per heavy atom. The molecule has 3 N–H and O–H groups in total. The van der Waals surface area contributed by atoms with Gasteiger partial charge in [-0.1, -0.05) is 164 Å². The molecule has 230 valence electrons. The van der Waals surface area contributed by atoms with Crippen LogP contribution in [0.25, 0.3) is 33.4 Å². The van der Waals surface area contributed by atoms with E-state index >= 15 is 0 Å². The van der Waals surface area contributed by atoms with Gasteiger partial charge in [0.15, 0.2) is 0 Å². The number of benzene rings is 7. The Balaban J connectivity index is 1.36. The molecule has 3 nitrogen and oxygen atoms in total. The third kappa shape index (κ3) is 5.11.